The number of aryl methyl sites for hydroxylation is 4. The summed E-state index contributed by atoms with van der Waals surface area (Å²) < 4.78 is 13.0. The van der Waals surface area contributed by atoms with E-state index in [0.29, 0.717) is 0 Å². The van der Waals surface area contributed by atoms with E-state index in [0.717, 1.165) is 89.5 Å². The fourth-order valence-corrected chi connectivity index (χ4v) is 8.23. The van der Waals surface area contributed by atoms with Gasteiger partial charge in [0.2, 0.25) is 0 Å². The Balaban J connectivity index is 0.948. The van der Waals surface area contributed by atoms with E-state index in [1.54, 1.807) is 0 Å². The monoisotopic (exact) mass is 750 g/mol. The lowest BCUT2D eigenvalue weighted by molar-refractivity contribution is 0.631. The summed E-state index contributed by atoms with van der Waals surface area (Å²) in [7, 11) is 0. The molecule has 0 aliphatic rings. The van der Waals surface area contributed by atoms with Crippen molar-refractivity contribution in [1.82, 2.24) is 0 Å². The van der Waals surface area contributed by atoms with Gasteiger partial charge in [0.05, 0.1) is 0 Å². The molecule has 0 unspecified atom stereocenters. The Morgan fingerprint density at radius 2 is 0.621 bits per heavy atom. The van der Waals surface area contributed by atoms with Crippen LogP contribution in [0.2, 0.25) is 0 Å². The van der Waals surface area contributed by atoms with Gasteiger partial charge < -0.3 is 18.6 Å². The van der Waals surface area contributed by atoms with Crippen LogP contribution in [0.5, 0.6) is 0 Å². The molecule has 0 saturated heterocycles. The van der Waals surface area contributed by atoms with E-state index in [1.165, 1.54) is 22.3 Å². The van der Waals surface area contributed by atoms with Gasteiger partial charge in [0.1, 0.15) is 22.7 Å². The number of hydrogen-bond donors (Lipinski definition) is 0. The molecular formula is C54H42N2O2. The lowest BCUT2D eigenvalue weighted by Gasteiger charge is -2.28. The van der Waals surface area contributed by atoms with Gasteiger partial charge in [-0.05, 0) is 170 Å². The van der Waals surface area contributed by atoms with Crippen molar-refractivity contribution in [3.05, 3.63) is 204 Å². The Hall–Kier alpha value is -7.30. The van der Waals surface area contributed by atoms with Crippen LogP contribution in [0.4, 0.5) is 34.1 Å². The molecule has 2 heterocycles. The van der Waals surface area contributed by atoms with E-state index in [4.69, 9.17) is 8.83 Å². The van der Waals surface area contributed by atoms with Gasteiger partial charge in [-0.1, -0.05) is 72.8 Å². The largest absolute Gasteiger partial charge is 0.456 e. The first-order chi connectivity index (χ1) is 28.4. The molecule has 280 valence electrons. The first kappa shape index (κ1) is 35.1. The number of rotatable bonds is 8. The first-order valence-corrected chi connectivity index (χ1v) is 19.8. The molecule has 8 aromatic carbocycles. The summed E-state index contributed by atoms with van der Waals surface area (Å²) in [5.74, 6) is 1.68. The lowest BCUT2D eigenvalue weighted by atomic mass is 10.0. The second kappa shape index (κ2) is 14.3. The summed E-state index contributed by atoms with van der Waals surface area (Å²) in [5.41, 5.74) is 15.5. The highest BCUT2D eigenvalue weighted by Gasteiger charge is 2.19. The van der Waals surface area contributed by atoms with Crippen LogP contribution in [-0.2, 0) is 0 Å². The normalized spacial score (nSPS) is 11.4. The van der Waals surface area contributed by atoms with Crippen LogP contribution in [0.3, 0.4) is 0 Å². The molecule has 0 fully saturated rings. The summed E-state index contributed by atoms with van der Waals surface area (Å²) in [6.07, 6.45) is 0. The maximum atomic E-state index is 6.52. The molecule has 0 saturated carbocycles. The fraction of sp³-hybridized carbons (Fsp3) is 0.0741. The molecule has 4 heteroatoms. The third-order valence-corrected chi connectivity index (χ3v) is 11.4. The summed E-state index contributed by atoms with van der Waals surface area (Å²) in [6.45, 7) is 8.65. The van der Waals surface area contributed by atoms with Crippen molar-refractivity contribution in [2.45, 2.75) is 27.7 Å². The maximum Gasteiger partial charge on any atom is 0.135 e. The topological polar surface area (TPSA) is 32.8 Å². The molecule has 0 aliphatic carbocycles. The van der Waals surface area contributed by atoms with E-state index in [1.807, 2.05) is 0 Å². The van der Waals surface area contributed by atoms with E-state index in [2.05, 4.69) is 219 Å². The molecule has 0 aliphatic heterocycles. The number of para-hydroxylation sites is 4. The average Bonchev–Trinajstić information content (AvgIpc) is 3.86. The quantitative estimate of drug-likeness (QED) is 0.155. The van der Waals surface area contributed by atoms with Crippen LogP contribution in [0.1, 0.15) is 22.3 Å². The molecule has 0 atom stereocenters. The van der Waals surface area contributed by atoms with E-state index in [-0.39, 0.29) is 0 Å². The van der Waals surface area contributed by atoms with Crippen LogP contribution in [0, 0.1) is 27.7 Å². The van der Waals surface area contributed by atoms with Gasteiger partial charge in [-0.25, -0.2) is 0 Å². The van der Waals surface area contributed by atoms with Crippen molar-refractivity contribution in [2.75, 3.05) is 9.80 Å². The van der Waals surface area contributed by atoms with Crippen LogP contribution in [-0.4, -0.2) is 0 Å². The minimum absolute atomic E-state index is 0.841. The smallest absolute Gasteiger partial charge is 0.135 e. The number of furan rings is 2. The maximum absolute atomic E-state index is 6.52. The van der Waals surface area contributed by atoms with Gasteiger partial charge in [-0.15, -0.1) is 0 Å². The Labute approximate surface area is 338 Å². The molecule has 4 nitrogen and oxygen atoms in total. The molecule has 0 bridgehead atoms. The number of fused-ring (bicyclic) bond motifs is 3. The molecule has 2 aromatic heterocycles. The lowest BCUT2D eigenvalue weighted by Crippen LogP contribution is -2.12. The zero-order chi connectivity index (χ0) is 39.3. The molecule has 0 amide bonds. The predicted octanol–water partition coefficient (Wildman–Crippen LogP) is 15.8. The average molecular weight is 751 g/mol. The molecule has 10 aromatic rings. The Morgan fingerprint density at radius 3 is 0.931 bits per heavy atom. The summed E-state index contributed by atoms with van der Waals surface area (Å²) in [6, 6.07) is 64.5. The van der Waals surface area contributed by atoms with Gasteiger partial charge in [0.25, 0.3) is 0 Å². The van der Waals surface area contributed by atoms with Crippen molar-refractivity contribution < 1.29 is 8.83 Å². The molecule has 58 heavy (non-hydrogen) atoms. The van der Waals surface area contributed by atoms with Crippen LogP contribution in [0.15, 0.2) is 191 Å². The molecule has 10 rings (SSSR count). The highest BCUT2D eigenvalue weighted by molar-refractivity contribution is 6.04. The Bertz CT molecular complexity index is 2750. The van der Waals surface area contributed by atoms with E-state index in [9.17, 15) is 0 Å². The van der Waals surface area contributed by atoms with Crippen molar-refractivity contribution in [1.29, 1.82) is 0 Å². The minimum Gasteiger partial charge on any atom is -0.456 e. The van der Waals surface area contributed by atoms with E-state index < -0.39 is 0 Å². The predicted molar refractivity (Wildman–Crippen MR) is 243 cm³/mol. The third kappa shape index (κ3) is 6.29. The van der Waals surface area contributed by atoms with Gasteiger partial charge >= 0.3 is 0 Å². The molecular weight excluding hydrogens is 709 g/mol. The Kier molecular flexibility index (Phi) is 8.68. The van der Waals surface area contributed by atoms with Crippen LogP contribution < -0.4 is 9.80 Å². The summed E-state index contributed by atoms with van der Waals surface area (Å²) in [5, 5.41) is 4.33. The second-order valence-corrected chi connectivity index (χ2v) is 15.3. The number of benzene rings is 8. The number of hydrogen-bond acceptors (Lipinski definition) is 4. The minimum atomic E-state index is 0.841. The van der Waals surface area contributed by atoms with Crippen LogP contribution in [0.25, 0.3) is 55.4 Å². The molecule has 0 spiro atoms. The molecule has 0 radical (unpaired) electrons. The van der Waals surface area contributed by atoms with Gasteiger partial charge in [-0.2, -0.15) is 0 Å². The van der Waals surface area contributed by atoms with Crippen molar-refractivity contribution in [2.24, 2.45) is 0 Å². The first-order valence-electron chi connectivity index (χ1n) is 19.8. The van der Waals surface area contributed by atoms with Gasteiger partial charge in [0.15, 0.2) is 0 Å². The van der Waals surface area contributed by atoms with E-state index >= 15 is 0 Å². The highest BCUT2D eigenvalue weighted by atomic mass is 16.3. The second-order valence-electron chi connectivity index (χ2n) is 15.3. The van der Waals surface area contributed by atoms with Crippen LogP contribution >= 0.6 is 0 Å². The summed E-state index contributed by atoms with van der Waals surface area (Å²) >= 11 is 0. The zero-order valence-electron chi connectivity index (χ0n) is 33.0. The number of nitrogens with zero attached hydrogens (tertiary/aromatic N) is 2. The SMILES string of the molecule is Cc1ccccc1N(c1ccc(-c2cc3cc4cc5oc(-c6ccc(N(c7ccccc7C)c7ccccc7C)cc6)cc5cc4cc3o2)cc1)c1ccccc1C. The Morgan fingerprint density at radius 1 is 0.310 bits per heavy atom. The van der Waals surface area contributed by atoms with Crippen molar-refractivity contribution >= 4 is 66.8 Å². The third-order valence-electron chi connectivity index (χ3n) is 11.4. The van der Waals surface area contributed by atoms with Gasteiger partial charge in [-0.3, -0.25) is 0 Å². The number of anilines is 6. The van der Waals surface area contributed by atoms with Gasteiger partial charge in [0, 0.05) is 56.0 Å². The van der Waals surface area contributed by atoms with Crippen molar-refractivity contribution in [3.8, 4) is 22.6 Å². The fourth-order valence-electron chi connectivity index (χ4n) is 8.23. The highest BCUT2D eigenvalue weighted by Crippen LogP contribution is 2.42. The molecule has 0 N–H and O–H groups in total. The zero-order valence-corrected chi connectivity index (χ0v) is 33.0. The van der Waals surface area contributed by atoms with Crippen molar-refractivity contribution in [3.63, 3.8) is 0 Å². The standard InChI is InChI=1S/C54H42N2O2/c1-35-13-5-9-17-47(35)55(48-18-10-6-14-36(48)2)45-25-21-39(22-26-45)51-33-43-29-41-32-54-44(30-42(41)31-53(43)57-51)34-52(58-54)40-23-27-46(28-24-40)56(49-19-11-7-15-37(49)3)50-20-12-8-16-38(50)4/h5-34H,1-4H3. The summed E-state index contributed by atoms with van der Waals surface area (Å²) in [4.78, 5) is 4.67.